The van der Waals surface area contributed by atoms with Gasteiger partial charge in [-0.3, -0.25) is 9.59 Å². The second-order valence-electron chi connectivity index (χ2n) is 5.07. The molecule has 1 aromatic rings. The van der Waals surface area contributed by atoms with E-state index in [0.717, 1.165) is 16.9 Å². The third-order valence-electron chi connectivity index (χ3n) is 3.07. The van der Waals surface area contributed by atoms with Crippen molar-refractivity contribution in [3.05, 3.63) is 29.3 Å². The molecule has 0 saturated heterocycles. The van der Waals surface area contributed by atoms with E-state index in [1.54, 1.807) is 0 Å². The third kappa shape index (κ3) is 7.34. The molecule has 0 saturated carbocycles. The van der Waals surface area contributed by atoms with Crippen LogP contribution in [0.15, 0.2) is 18.2 Å². The summed E-state index contributed by atoms with van der Waals surface area (Å²) >= 11 is 0. The van der Waals surface area contributed by atoms with Gasteiger partial charge < -0.3 is 15.2 Å². The van der Waals surface area contributed by atoms with Crippen molar-refractivity contribution < 1.29 is 19.4 Å². The maximum absolute atomic E-state index is 11.6. The molecule has 0 atom stereocenters. The van der Waals surface area contributed by atoms with E-state index in [1.807, 2.05) is 32.0 Å². The summed E-state index contributed by atoms with van der Waals surface area (Å²) in [5.41, 5.74) is 2.17. The Morgan fingerprint density at radius 1 is 1.19 bits per heavy atom. The Hall–Kier alpha value is -2.04. The van der Waals surface area contributed by atoms with Crippen LogP contribution >= 0.6 is 0 Å². The van der Waals surface area contributed by atoms with Gasteiger partial charge in [0.2, 0.25) is 5.91 Å². The van der Waals surface area contributed by atoms with Crippen LogP contribution in [0.3, 0.4) is 0 Å². The Labute approximate surface area is 125 Å². The van der Waals surface area contributed by atoms with Crippen molar-refractivity contribution in [1.29, 1.82) is 0 Å². The van der Waals surface area contributed by atoms with E-state index in [-0.39, 0.29) is 12.3 Å². The molecular formula is C16H23NO4. The van der Waals surface area contributed by atoms with Gasteiger partial charge in [0.1, 0.15) is 5.75 Å². The van der Waals surface area contributed by atoms with Gasteiger partial charge in [0.25, 0.3) is 0 Å². The van der Waals surface area contributed by atoms with Gasteiger partial charge in [-0.2, -0.15) is 0 Å². The molecule has 0 aromatic heterocycles. The maximum Gasteiger partial charge on any atom is 0.303 e. The molecule has 1 amide bonds. The van der Waals surface area contributed by atoms with Crippen LogP contribution in [-0.2, 0) is 9.59 Å². The molecule has 0 radical (unpaired) electrons. The summed E-state index contributed by atoms with van der Waals surface area (Å²) in [6.45, 7) is 4.81. The van der Waals surface area contributed by atoms with Gasteiger partial charge in [0, 0.05) is 13.0 Å². The number of nitrogens with one attached hydrogen (secondary N) is 1. The summed E-state index contributed by atoms with van der Waals surface area (Å²) < 4.78 is 5.61. The monoisotopic (exact) mass is 293 g/mol. The van der Waals surface area contributed by atoms with Crippen molar-refractivity contribution >= 4 is 11.9 Å². The second-order valence-corrected chi connectivity index (χ2v) is 5.07. The van der Waals surface area contributed by atoms with Crippen LogP contribution in [0.2, 0.25) is 0 Å². The number of carbonyl (C=O) groups is 2. The Balaban J connectivity index is 2.16. The average Bonchev–Trinajstić information content (AvgIpc) is 2.42. The van der Waals surface area contributed by atoms with Gasteiger partial charge in [0.05, 0.1) is 13.0 Å². The summed E-state index contributed by atoms with van der Waals surface area (Å²) in [6.07, 6.45) is 1.70. The largest absolute Gasteiger partial charge is 0.493 e. The predicted octanol–water partition coefficient (Wildman–Crippen LogP) is 2.44. The minimum Gasteiger partial charge on any atom is -0.493 e. The minimum atomic E-state index is -0.803. The molecule has 2 N–H and O–H groups in total. The molecule has 0 fully saturated rings. The smallest absolute Gasteiger partial charge is 0.303 e. The SMILES string of the molecule is Cc1ccc(C)c(OCCC(=O)NCCCCC(=O)O)c1. The fourth-order valence-corrected chi connectivity index (χ4v) is 1.83. The highest BCUT2D eigenvalue weighted by Crippen LogP contribution is 2.19. The van der Waals surface area contributed by atoms with Crippen LogP contribution in [0.4, 0.5) is 0 Å². The lowest BCUT2D eigenvalue weighted by molar-refractivity contribution is -0.137. The number of hydrogen-bond donors (Lipinski definition) is 2. The highest BCUT2D eigenvalue weighted by Gasteiger charge is 2.04. The summed E-state index contributed by atoms with van der Waals surface area (Å²) in [6, 6.07) is 5.97. The zero-order valence-electron chi connectivity index (χ0n) is 12.6. The Bertz CT molecular complexity index is 485. The summed E-state index contributed by atoms with van der Waals surface area (Å²) in [5.74, 6) is -0.0665. The minimum absolute atomic E-state index is 0.0735. The van der Waals surface area contributed by atoms with Crippen LogP contribution in [0.5, 0.6) is 5.75 Å². The molecule has 1 aromatic carbocycles. The second kappa shape index (κ2) is 9.00. The number of carboxylic acid groups (broad SMARTS) is 1. The number of carboxylic acids is 1. The van der Waals surface area contributed by atoms with Gasteiger partial charge in [-0.05, 0) is 43.9 Å². The van der Waals surface area contributed by atoms with Gasteiger partial charge in [-0.25, -0.2) is 0 Å². The Morgan fingerprint density at radius 2 is 1.95 bits per heavy atom. The molecule has 0 aliphatic rings. The Kier molecular flexibility index (Phi) is 7.29. The fraction of sp³-hybridized carbons (Fsp3) is 0.500. The van der Waals surface area contributed by atoms with Crippen molar-refractivity contribution in [2.75, 3.05) is 13.2 Å². The summed E-state index contributed by atoms with van der Waals surface area (Å²) in [5, 5.41) is 11.2. The first-order valence-electron chi connectivity index (χ1n) is 7.17. The first kappa shape index (κ1) is 17.0. The van der Waals surface area contributed by atoms with E-state index in [0.29, 0.717) is 32.4 Å². The van der Waals surface area contributed by atoms with E-state index in [4.69, 9.17) is 9.84 Å². The quantitative estimate of drug-likeness (QED) is 0.686. The van der Waals surface area contributed by atoms with Crippen LogP contribution in [0, 0.1) is 13.8 Å². The molecule has 0 bridgehead atoms. The highest BCUT2D eigenvalue weighted by atomic mass is 16.5. The van der Waals surface area contributed by atoms with Crippen LogP contribution in [0.25, 0.3) is 0 Å². The molecule has 5 heteroatoms. The Morgan fingerprint density at radius 3 is 2.67 bits per heavy atom. The molecule has 0 heterocycles. The van der Waals surface area contributed by atoms with E-state index in [1.165, 1.54) is 0 Å². The topological polar surface area (TPSA) is 75.6 Å². The maximum atomic E-state index is 11.6. The first-order chi connectivity index (χ1) is 9.99. The van der Waals surface area contributed by atoms with Gasteiger partial charge in [-0.15, -0.1) is 0 Å². The lowest BCUT2D eigenvalue weighted by Crippen LogP contribution is -2.26. The molecule has 5 nitrogen and oxygen atoms in total. The predicted molar refractivity (Wildman–Crippen MR) is 80.5 cm³/mol. The molecule has 116 valence electrons. The van der Waals surface area contributed by atoms with Gasteiger partial charge in [0.15, 0.2) is 0 Å². The molecular weight excluding hydrogens is 270 g/mol. The van der Waals surface area contributed by atoms with Gasteiger partial charge >= 0.3 is 5.97 Å². The third-order valence-corrected chi connectivity index (χ3v) is 3.07. The van der Waals surface area contributed by atoms with Crippen molar-refractivity contribution in [2.45, 2.75) is 39.5 Å². The van der Waals surface area contributed by atoms with Gasteiger partial charge in [-0.1, -0.05) is 12.1 Å². The van der Waals surface area contributed by atoms with Crippen molar-refractivity contribution in [3.8, 4) is 5.75 Å². The molecule has 0 unspecified atom stereocenters. The summed E-state index contributed by atoms with van der Waals surface area (Å²) in [4.78, 5) is 21.9. The van der Waals surface area contributed by atoms with Crippen molar-refractivity contribution in [1.82, 2.24) is 5.32 Å². The number of unbranched alkanes of at least 4 members (excludes halogenated alkanes) is 1. The van der Waals surface area contributed by atoms with Crippen molar-refractivity contribution in [2.24, 2.45) is 0 Å². The van der Waals surface area contributed by atoms with Crippen LogP contribution < -0.4 is 10.1 Å². The van der Waals surface area contributed by atoms with E-state index < -0.39 is 5.97 Å². The number of aliphatic carboxylic acids is 1. The number of carbonyl (C=O) groups excluding carboxylic acids is 1. The molecule has 21 heavy (non-hydrogen) atoms. The molecule has 1 rings (SSSR count). The zero-order chi connectivity index (χ0) is 15.7. The number of amides is 1. The lowest BCUT2D eigenvalue weighted by atomic mass is 10.1. The van der Waals surface area contributed by atoms with Crippen molar-refractivity contribution in [3.63, 3.8) is 0 Å². The van der Waals surface area contributed by atoms with E-state index >= 15 is 0 Å². The fourth-order valence-electron chi connectivity index (χ4n) is 1.83. The van der Waals surface area contributed by atoms with E-state index in [2.05, 4.69) is 5.32 Å². The number of ether oxygens (including phenoxy) is 1. The standard InChI is InChI=1S/C16H23NO4/c1-12-6-7-13(2)14(11-12)21-10-8-15(18)17-9-4-3-5-16(19)20/h6-7,11H,3-5,8-10H2,1-2H3,(H,17,18)(H,19,20). The molecule has 0 aliphatic heterocycles. The van der Waals surface area contributed by atoms with E-state index in [9.17, 15) is 9.59 Å². The molecule has 0 aliphatic carbocycles. The number of aryl methyl sites for hydroxylation is 2. The first-order valence-corrected chi connectivity index (χ1v) is 7.17. The number of hydrogen-bond acceptors (Lipinski definition) is 3. The summed E-state index contributed by atoms with van der Waals surface area (Å²) in [7, 11) is 0. The molecule has 0 spiro atoms. The normalized spacial score (nSPS) is 10.2. The van der Waals surface area contributed by atoms with Crippen LogP contribution in [-0.4, -0.2) is 30.1 Å². The number of benzene rings is 1. The lowest BCUT2D eigenvalue weighted by Gasteiger charge is -2.10. The highest BCUT2D eigenvalue weighted by molar-refractivity contribution is 5.75. The average molecular weight is 293 g/mol. The van der Waals surface area contributed by atoms with Crippen LogP contribution in [0.1, 0.15) is 36.8 Å². The number of rotatable bonds is 9. The zero-order valence-corrected chi connectivity index (χ0v) is 12.6.